The van der Waals surface area contributed by atoms with Gasteiger partial charge in [0, 0.05) is 38.6 Å². The van der Waals surface area contributed by atoms with Crippen molar-refractivity contribution in [2.45, 2.75) is 32.0 Å². The van der Waals surface area contributed by atoms with Crippen molar-refractivity contribution in [1.82, 2.24) is 10.2 Å². The highest BCUT2D eigenvalue weighted by Crippen LogP contribution is 2.40. The third-order valence-corrected chi connectivity index (χ3v) is 4.63. The van der Waals surface area contributed by atoms with Crippen LogP contribution >= 0.6 is 40.7 Å². The number of benzene rings is 1. The van der Waals surface area contributed by atoms with E-state index in [2.05, 4.69) is 26.1 Å². The monoisotopic (exact) mass is 482 g/mol. The number of hydrogen-bond acceptors (Lipinski definition) is 4. The number of piperazine rings is 1. The van der Waals surface area contributed by atoms with E-state index >= 15 is 0 Å². The quantitative estimate of drug-likeness (QED) is 0.616. The highest BCUT2D eigenvalue weighted by Gasteiger charge is 2.32. The van der Waals surface area contributed by atoms with Crippen molar-refractivity contribution in [3.8, 4) is 11.5 Å². The number of phenolic OH excluding ortho intramolecular Hbond substituents is 1. The maximum atomic E-state index is 12.7. The van der Waals surface area contributed by atoms with Crippen molar-refractivity contribution >= 4 is 40.7 Å². The molecule has 1 atom stereocenters. The second-order valence-corrected chi connectivity index (χ2v) is 6.59. The van der Waals surface area contributed by atoms with Gasteiger partial charge in [0.1, 0.15) is 0 Å². The van der Waals surface area contributed by atoms with E-state index in [4.69, 9.17) is 4.74 Å². The van der Waals surface area contributed by atoms with Gasteiger partial charge in [0.05, 0.1) is 11.1 Å². The predicted octanol–water partition coefficient (Wildman–Crippen LogP) is 4.69. The largest absolute Gasteiger partial charge is 0.503 e. The van der Waals surface area contributed by atoms with Gasteiger partial charge in [-0.2, -0.15) is 13.2 Å². The lowest BCUT2D eigenvalue weighted by Gasteiger charge is -2.35. The number of aromatic hydroxyl groups is 1. The van der Waals surface area contributed by atoms with E-state index in [0.717, 1.165) is 13.1 Å². The van der Waals surface area contributed by atoms with Crippen LogP contribution in [-0.4, -0.2) is 49.0 Å². The van der Waals surface area contributed by atoms with Gasteiger partial charge < -0.3 is 15.2 Å². The van der Waals surface area contributed by atoms with E-state index in [1.807, 2.05) is 0 Å². The zero-order valence-corrected chi connectivity index (χ0v) is 17.5. The molecule has 2 N–H and O–H groups in total. The van der Waals surface area contributed by atoms with Crippen LogP contribution < -0.4 is 10.1 Å². The van der Waals surface area contributed by atoms with E-state index < -0.39 is 12.6 Å². The predicted molar refractivity (Wildman–Crippen MR) is 104 cm³/mol. The SMILES string of the molecule is CCOc1cc([C@H](CCC(F)(F)F)N2CCNCC2)cc(Br)c1O.Cl.Cl. The van der Waals surface area contributed by atoms with Crippen molar-refractivity contribution in [1.29, 1.82) is 0 Å². The average molecular weight is 484 g/mol. The van der Waals surface area contributed by atoms with Crippen LogP contribution in [0.25, 0.3) is 0 Å². The summed E-state index contributed by atoms with van der Waals surface area (Å²) in [4.78, 5) is 2.05. The van der Waals surface area contributed by atoms with E-state index in [0.29, 0.717) is 29.7 Å². The molecule has 152 valence electrons. The average Bonchev–Trinajstić information content (AvgIpc) is 2.52. The molecule has 26 heavy (non-hydrogen) atoms. The Morgan fingerprint density at radius 1 is 1.27 bits per heavy atom. The van der Waals surface area contributed by atoms with E-state index in [-0.39, 0.29) is 48.8 Å². The fraction of sp³-hybridized carbons (Fsp3) is 0.625. The van der Waals surface area contributed by atoms with Crippen LogP contribution in [0.3, 0.4) is 0 Å². The summed E-state index contributed by atoms with van der Waals surface area (Å²) in [6.07, 6.45) is -5.06. The number of phenols is 1. The minimum absolute atomic E-state index is 0. The summed E-state index contributed by atoms with van der Waals surface area (Å²) in [6.45, 7) is 5.03. The number of nitrogens with one attached hydrogen (secondary N) is 1. The number of nitrogens with zero attached hydrogens (tertiary/aromatic N) is 1. The van der Waals surface area contributed by atoms with Crippen molar-refractivity contribution in [3.63, 3.8) is 0 Å². The molecule has 1 heterocycles. The zero-order valence-electron chi connectivity index (χ0n) is 14.3. The highest BCUT2D eigenvalue weighted by atomic mass is 79.9. The molecular weight excluding hydrogens is 460 g/mol. The minimum Gasteiger partial charge on any atom is -0.503 e. The number of ether oxygens (including phenoxy) is 1. The second-order valence-electron chi connectivity index (χ2n) is 5.74. The van der Waals surface area contributed by atoms with Crippen LogP contribution in [0, 0.1) is 0 Å². The lowest BCUT2D eigenvalue weighted by molar-refractivity contribution is -0.138. The Labute approximate surface area is 172 Å². The van der Waals surface area contributed by atoms with Crippen LogP contribution in [0.4, 0.5) is 13.2 Å². The summed E-state index contributed by atoms with van der Waals surface area (Å²) in [5.41, 5.74) is 0.717. The number of rotatable bonds is 6. The first-order valence-corrected chi connectivity index (χ1v) is 8.78. The molecule has 0 amide bonds. The lowest BCUT2D eigenvalue weighted by Crippen LogP contribution is -2.45. The molecule has 1 aromatic carbocycles. The van der Waals surface area contributed by atoms with Gasteiger partial charge in [-0.3, -0.25) is 4.90 Å². The van der Waals surface area contributed by atoms with Crippen LogP contribution in [0.2, 0.25) is 0 Å². The van der Waals surface area contributed by atoms with Gasteiger partial charge in [0.15, 0.2) is 11.5 Å². The van der Waals surface area contributed by atoms with Gasteiger partial charge >= 0.3 is 6.18 Å². The first kappa shape index (κ1) is 25.6. The lowest BCUT2D eigenvalue weighted by atomic mass is 9.98. The summed E-state index contributed by atoms with van der Waals surface area (Å²) in [6, 6.07) is 2.96. The van der Waals surface area contributed by atoms with Gasteiger partial charge in [-0.25, -0.2) is 0 Å². The topological polar surface area (TPSA) is 44.7 Å². The molecule has 0 radical (unpaired) electrons. The van der Waals surface area contributed by atoms with E-state index in [1.165, 1.54) is 0 Å². The van der Waals surface area contributed by atoms with Gasteiger partial charge in [-0.1, -0.05) is 0 Å². The summed E-state index contributed by atoms with van der Waals surface area (Å²) in [7, 11) is 0. The molecule has 0 aromatic heterocycles. The molecule has 0 saturated carbocycles. The fourth-order valence-electron chi connectivity index (χ4n) is 2.91. The molecule has 0 bridgehead atoms. The van der Waals surface area contributed by atoms with Crippen molar-refractivity contribution in [3.05, 3.63) is 22.2 Å². The third-order valence-electron chi connectivity index (χ3n) is 4.03. The molecule has 0 unspecified atom stereocenters. The van der Waals surface area contributed by atoms with Crippen LogP contribution in [0.5, 0.6) is 11.5 Å². The van der Waals surface area contributed by atoms with Crippen LogP contribution in [-0.2, 0) is 0 Å². The minimum atomic E-state index is -4.19. The van der Waals surface area contributed by atoms with Crippen molar-refractivity contribution in [2.75, 3.05) is 32.8 Å². The summed E-state index contributed by atoms with van der Waals surface area (Å²) >= 11 is 3.27. The molecule has 1 aromatic rings. The first-order chi connectivity index (χ1) is 11.3. The molecular formula is C16H24BrCl2F3N2O2. The first-order valence-electron chi connectivity index (χ1n) is 7.98. The Morgan fingerprint density at radius 3 is 2.42 bits per heavy atom. The Bertz CT molecular complexity index is 559. The Morgan fingerprint density at radius 2 is 1.88 bits per heavy atom. The van der Waals surface area contributed by atoms with Gasteiger partial charge in [0.25, 0.3) is 0 Å². The maximum absolute atomic E-state index is 12.7. The Hall–Kier alpha value is -0.410. The molecule has 1 aliphatic heterocycles. The smallest absolute Gasteiger partial charge is 0.389 e. The molecule has 2 rings (SSSR count). The molecule has 0 spiro atoms. The van der Waals surface area contributed by atoms with E-state index in [9.17, 15) is 18.3 Å². The third kappa shape index (κ3) is 7.31. The van der Waals surface area contributed by atoms with Crippen LogP contribution in [0.1, 0.15) is 31.4 Å². The fourth-order valence-corrected chi connectivity index (χ4v) is 3.37. The number of alkyl halides is 3. The molecule has 0 aliphatic carbocycles. The highest BCUT2D eigenvalue weighted by molar-refractivity contribution is 9.10. The zero-order chi connectivity index (χ0) is 17.7. The van der Waals surface area contributed by atoms with Gasteiger partial charge in [-0.15, -0.1) is 24.8 Å². The van der Waals surface area contributed by atoms with Crippen molar-refractivity contribution in [2.24, 2.45) is 0 Å². The molecule has 4 nitrogen and oxygen atoms in total. The van der Waals surface area contributed by atoms with E-state index in [1.54, 1.807) is 19.1 Å². The molecule has 10 heteroatoms. The molecule has 1 saturated heterocycles. The normalized spacial score (nSPS) is 16.3. The Balaban J connectivity index is 0.00000312. The number of hydrogen-bond donors (Lipinski definition) is 2. The summed E-state index contributed by atoms with van der Waals surface area (Å²) in [5.74, 6) is 0.254. The molecule has 1 fully saturated rings. The van der Waals surface area contributed by atoms with Crippen molar-refractivity contribution < 1.29 is 23.0 Å². The van der Waals surface area contributed by atoms with Gasteiger partial charge in [0.2, 0.25) is 0 Å². The van der Waals surface area contributed by atoms with Crippen LogP contribution in [0.15, 0.2) is 16.6 Å². The molecule has 1 aliphatic rings. The summed E-state index contributed by atoms with van der Waals surface area (Å²) in [5, 5.41) is 13.2. The standard InChI is InChI=1S/C16H22BrF3N2O2.2ClH/c1-2-24-14-10-11(9-12(17)15(14)23)13(3-4-16(18,19)20)22-7-5-21-6-8-22;;/h9-10,13,21,23H,2-8H2,1H3;2*1H/t13-;;/m0../s1. The van der Waals surface area contributed by atoms with Gasteiger partial charge in [-0.05, 0) is 47.0 Å². The Kier molecular flexibility index (Phi) is 11.3. The maximum Gasteiger partial charge on any atom is 0.389 e. The second kappa shape index (κ2) is 11.4. The number of halogens is 6. The summed E-state index contributed by atoms with van der Waals surface area (Å²) < 4.78 is 44.0.